The van der Waals surface area contributed by atoms with Crippen molar-refractivity contribution in [3.8, 4) is 0 Å². The quantitative estimate of drug-likeness (QED) is 0.369. The zero-order chi connectivity index (χ0) is 3.54. The Balaban J connectivity index is 2.32. The highest BCUT2D eigenvalue weighted by Gasteiger charge is 1.90. The standard InChI is InChI=1S/C2H3NSi2/c1-2-4-5-3-1/h1H,2H2. The van der Waals surface area contributed by atoms with E-state index in [0.29, 0.717) is 0 Å². The van der Waals surface area contributed by atoms with Crippen LogP contribution in [0.15, 0.2) is 4.66 Å². The molecule has 4 radical (unpaired) electrons. The lowest BCUT2D eigenvalue weighted by Crippen LogP contribution is -1.87. The van der Waals surface area contributed by atoms with Gasteiger partial charge in [0.2, 0.25) is 0 Å². The molecule has 0 aromatic carbocycles. The molecule has 0 fully saturated rings. The Kier molecular flexibility index (Phi) is 1.00. The molecular weight excluding hydrogens is 94.2 g/mol. The summed E-state index contributed by atoms with van der Waals surface area (Å²) in [6.07, 6.45) is 2.01. The second-order valence-corrected chi connectivity index (χ2v) is 3.78. The van der Waals surface area contributed by atoms with Crippen molar-refractivity contribution in [1.82, 2.24) is 0 Å². The average molecular weight is 97.2 g/mol. The molecule has 0 aromatic rings. The molecule has 1 rings (SSSR count). The van der Waals surface area contributed by atoms with Gasteiger partial charge in [0.05, 0.1) is 9.04 Å². The van der Waals surface area contributed by atoms with E-state index in [4.69, 9.17) is 0 Å². The van der Waals surface area contributed by atoms with Gasteiger partial charge in [-0.2, -0.15) is 0 Å². The highest BCUT2D eigenvalue weighted by molar-refractivity contribution is 7.02. The molecule has 0 amide bonds. The summed E-state index contributed by atoms with van der Waals surface area (Å²) in [4.78, 5) is 0. The van der Waals surface area contributed by atoms with E-state index in [2.05, 4.69) is 4.66 Å². The van der Waals surface area contributed by atoms with Crippen molar-refractivity contribution in [2.24, 2.45) is 4.66 Å². The summed E-state index contributed by atoms with van der Waals surface area (Å²) in [5.41, 5.74) is 0. The first-order valence-electron chi connectivity index (χ1n) is 1.49. The average Bonchev–Trinajstić information content (AvgIpc) is 1.76. The fourth-order valence-electron chi connectivity index (χ4n) is 0.228. The fraction of sp³-hybridized carbons (Fsp3) is 0.500. The van der Waals surface area contributed by atoms with Gasteiger partial charge in [-0.1, -0.05) is 0 Å². The second kappa shape index (κ2) is 1.52. The number of hydrogen-bond donors (Lipinski definition) is 0. The van der Waals surface area contributed by atoms with Gasteiger partial charge in [-0.25, -0.2) is 0 Å². The van der Waals surface area contributed by atoms with Gasteiger partial charge in [-0.15, -0.1) is 0 Å². The molecule has 24 valence electrons. The van der Waals surface area contributed by atoms with Crippen LogP contribution in [-0.2, 0) is 0 Å². The summed E-state index contributed by atoms with van der Waals surface area (Å²) < 4.78 is 4.00. The van der Waals surface area contributed by atoms with Crippen LogP contribution in [0.5, 0.6) is 0 Å². The SMILES string of the molecule is C1=N[Si][Si]C1. The lowest BCUT2D eigenvalue weighted by molar-refractivity contribution is 1.88. The molecule has 5 heavy (non-hydrogen) atoms. The smallest absolute Gasteiger partial charge is 0.187 e. The summed E-state index contributed by atoms with van der Waals surface area (Å²) in [7, 11) is 2.02. The summed E-state index contributed by atoms with van der Waals surface area (Å²) in [5, 5.41) is 0. The van der Waals surface area contributed by atoms with Crippen molar-refractivity contribution >= 4 is 24.5 Å². The zero-order valence-electron chi connectivity index (χ0n) is 2.73. The minimum Gasteiger partial charge on any atom is -0.340 e. The Labute approximate surface area is 36.0 Å². The Morgan fingerprint density at radius 1 is 1.80 bits per heavy atom. The zero-order valence-corrected chi connectivity index (χ0v) is 4.73. The fourth-order valence-corrected chi connectivity index (χ4v) is 2.05. The maximum absolute atomic E-state index is 4.00. The Hall–Kier alpha value is 0.104. The van der Waals surface area contributed by atoms with Crippen molar-refractivity contribution in [3.05, 3.63) is 0 Å². The van der Waals surface area contributed by atoms with Crippen LogP contribution in [0, 0.1) is 0 Å². The molecule has 0 saturated carbocycles. The summed E-state index contributed by atoms with van der Waals surface area (Å²) >= 11 is 0. The molecule has 1 nitrogen and oxygen atoms in total. The van der Waals surface area contributed by atoms with Gasteiger partial charge in [-0.05, 0) is 12.3 Å². The highest BCUT2D eigenvalue weighted by Crippen LogP contribution is 1.78. The third kappa shape index (κ3) is 0.697. The molecule has 1 heterocycles. The first kappa shape index (κ1) is 3.30. The van der Waals surface area contributed by atoms with Crippen molar-refractivity contribution in [3.63, 3.8) is 0 Å². The molecule has 0 N–H and O–H groups in total. The molecule has 0 spiro atoms. The van der Waals surface area contributed by atoms with Crippen molar-refractivity contribution in [2.45, 2.75) is 6.04 Å². The van der Waals surface area contributed by atoms with Crippen molar-refractivity contribution in [2.75, 3.05) is 0 Å². The molecule has 0 bridgehead atoms. The van der Waals surface area contributed by atoms with Gasteiger partial charge in [0.25, 0.3) is 0 Å². The molecule has 1 aliphatic rings. The number of rotatable bonds is 0. The van der Waals surface area contributed by atoms with Gasteiger partial charge in [-0.3, -0.25) is 0 Å². The minimum absolute atomic E-state index is 0.906. The van der Waals surface area contributed by atoms with Crippen LogP contribution >= 0.6 is 0 Å². The van der Waals surface area contributed by atoms with E-state index < -0.39 is 0 Å². The number of hydrogen-bond acceptors (Lipinski definition) is 1. The van der Waals surface area contributed by atoms with Crippen LogP contribution in [0.3, 0.4) is 0 Å². The van der Waals surface area contributed by atoms with E-state index in [9.17, 15) is 0 Å². The maximum atomic E-state index is 4.00. The largest absolute Gasteiger partial charge is 0.340 e. The third-order valence-corrected chi connectivity index (χ3v) is 2.76. The molecule has 0 aliphatic carbocycles. The third-order valence-electron chi connectivity index (χ3n) is 0.428. The lowest BCUT2D eigenvalue weighted by Gasteiger charge is -1.60. The second-order valence-electron chi connectivity index (χ2n) is 0.804. The highest BCUT2D eigenvalue weighted by atomic mass is 29.1. The van der Waals surface area contributed by atoms with Crippen LogP contribution < -0.4 is 0 Å². The molecular formula is C2H3NSi2. The topological polar surface area (TPSA) is 12.4 Å². The van der Waals surface area contributed by atoms with E-state index in [-0.39, 0.29) is 0 Å². The molecule has 3 heteroatoms. The Morgan fingerprint density at radius 2 is 2.80 bits per heavy atom. The first-order valence-corrected chi connectivity index (χ1v) is 4.65. The van der Waals surface area contributed by atoms with Crippen molar-refractivity contribution in [1.29, 1.82) is 0 Å². The van der Waals surface area contributed by atoms with E-state index in [1.54, 1.807) is 0 Å². The van der Waals surface area contributed by atoms with E-state index >= 15 is 0 Å². The first-order chi connectivity index (χ1) is 2.50. The Bertz CT molecular complexity index is 45.6. The van der Waals surface area contributed by atoms with Gasteiger partial charge in [0, 0.05) is 0 Å². The van der Waals surface area contributed by atoms with Gasteiger partial charge in [0.1, 0.15) is 0 Å². The molecule has 1 aliphatic heterocycles. The van der Waals surface area contributed by atoms with E-state index in [0.717, 1.165) is 18.2 Å². The van der Waals surface area contributed by atoms with Gasteiger partial charge in [0.15, 0.2) is 9.20 Å². The predicted molar refractivity (Wildman–Crippen MR) is 24.8 cm³/mol. The van der Waals surface area contributed by atoms with Crippen LogP contribution in [0.4, 0.5) is 0 Å². The Morgan fingerprint density at radius 3 is 3.00 bits per heavy atom. The predicted octanol–water partition coefficient (Wildman–Crippen LogP) is -0.273. The summed E-state index contributed by atoms with van der Waals surface area (Å²) in [6, 6.07) is 1.25. The minimum atomic E-state index is 0.906. The summed E-state index contributed by atoms with van der Waals surface area (Å²) in [6.45, 7) is 0. The van der Waals surface area contributed by atoms with E-state index in [1.165, 1.54) is 6.04 Å². The van der Waals surface area contributed by atoms with Crippen molar-refractivity contribution < 1.29 is 0 Å². The normalized spacial score (nSPS) is 20.8. The molecule has 0 aromatic heterocycles. The van der Waals surface area contributed by atoms with Crippen LogP contribution in [0.1, 0.15) is 0 Å². The molecule has 0 atom stereocenters. The molecule has 0 unspecified atom stereocenters. The summed E-state index contributed by atoms with van der Waals surface area (Å²) in [5.74, 6) is 0. The lowest BCUT2D eigenvalue weighted by atomic mass is 10.9. The van der Waals surface area contributed by atoms with Gasteiger partial charge < -0.3 is 4.66 Å². The van der Waals surface area contributed by atoms with Gasteiger partial charge >= 0.3 is 0 Å². The van der Waals surface area contributed by atoms with Crippen LogP contribution in [0.2, 0.25) is 6.04 Å². The van der Waals surface area contributed by atoms with Crippen LogP contribution in [-0.4, -0.2) is 24.5 Å². The monoisotopic (exact) mass is 97.0 g/mol. The molecule has 0 saturated heterocycles. The van der Waals surface area contributed by atoms with E-state index in [1.807, 2.05) is 6.21 Å². The number of nitrogens with zero attached hydrogens (tertiary/aromatic N) is 1. The maximum Gasteiger partial charge on any atom is 0.187 e. The van der Waals surface area contributed by atoms with Crippen LogP contribution in [0.25, 0.3) is 0 Å².